The van der Waals surface area contributed by atoms with Gasteiger partial charge in [0.15, 0.2) is 0 Å². The number of aromatic nitrogens is 1. The van der Waals surface area contributed by atoms with Crippen LogP contribution in [0.15, 0.2) is 16.7 Å². The van der Waals surface area contributed by atoms with Gasteiger partial charge in [0.05, 0.1) is 5.02 Å². The molecule has 0 bridgehead atoms. The molecule has 0 aliphatic carbocycles. The molecule has 15 heavy (non-hydrogen) atoms. The van der Waals surface area contributed by atoms with Crippen molar-refractivity contribution in [3.05, 3.63) is 21.8 Å². The van der Waals surface area contributed by atoms with Crippen LogP contribution < -0.4 is 5.32 Å². The second-order valence-electron chi connectivity index (χ2n) is 3.27. The Morgan fingerprint density at radius 2 is 2.40 bits per heavy atom. The molecule has 6 heteroatoms. The Balaban J connectivity index is 2.68. The number of halogens is 2. The van der Waals surface area contributed by atoms with Gasteiger partial charge in [-0.25, -0.2) is 4.98 Å². The highest BCUT2D eigenvalue weighted by molar-refractivity contribution is 9.10. The standard InChI is InChI=1S/C9H12BrClN2OS/c1-6(5-15(2)14)13-9-8(11)3-7(10)4-12-9/h3-4,6H,5H2,1-2H3,(H,12,13)/t6-,15-/m1/s1. The lowest BCUT2D eigenvalue weighted by molar-refractivity contribution is 0.683. The van der Waals surface area contributed by atoms with Gasteiger partial charge in [-0.05, 0) is 28.9 Å². The highest BCUT2D eigenvalue weighted by Gasteiger charge is 2.08. The van der Waals surface area contributed by atoms with E-state index >= 15 is 0 Å². The maximum atomic E-state index is 11.0. The predicted octanol–water partition coefficient (Wildman–Crippen LogP) is 2.68. The first-order chi connectivity index (χ1) is 6.99. The van der Waals surface area contributed by atoms with Crippen LogP contribution in [0.3, 0.4) is 0 Å². The normalized spacial score (nSPS) is 14.7. The minimum atomic E-state index is -0.823. The fourth-order valence-corrected chi connectivity index (χ4v) is 2.62. The summed E-state index contributed by atoms with van der Waals surface area (Å²) in [6, 6.07) is 1.86. The van der Waals surface area contributed by atoms with Gasteiger partial charge in [0.2, 0.25) is 0 Å². The van der Waals surface area contributed by atoms with E-state index in [2.05, 4.69) is 26.2 Å². The van der Waals surface area contributed by atoms with E-state index in [4.69, 9.17) is 11.6 Å². The van der Waals surface area contributed by atoms with Crippen molar-refractivity contribution in [3.8, 4) is 0 Å². The van der Waals surface area contributed by atoms with Crippen molar-refractivity contribution in [2.75, 3.05) is 17.3 Å². The Kier molecular flexibility index (Phi) is 5.02. The maximum Gasteiger partial charge on any atom is 0.145 e. The first-order valence-electron chi connectivity index (χ1n) is 4.36. The number of rotatable bonds is 4. The summed E-state index contributed by atoms with van der Waals surface area (Å²) in [5, 5.41) is 3.67. The molecule has 0 spiro atoms. The average Bonchev–Trinajstić information content (AvgIpc) is 2.08. The molecule has 0 saturated heterocycles. The number of pyridine rings is 1. The van der Waals surface area contributed by atoms with Gasteiger partial charge in [0.25, 0.3) is 0 Å². The van der Waals surface area contributed by atoms with Crippen LogP contribution in [0.1, 0.15) is 6.92 Å². The van der Waals surface area contributed by atoms with Crippen LogP contribution in [-0.4, -0.2) is 27.2 Å². The zero-order chi connectivity index (χ0) is 11.4. The third kappa shape index (κ3) is 4.49. The number of nitrogens with one attached hydrogen (secondary N) is 1. The van der Waals surface area contributed by atoms with Gasteiger partial charge < -0.3 is 5.32 Å². The van der Waals surface area contributed by atoms with E-state index in [9.17, 15) is 4.21 Å². The maximum absolute atomic E-state index is 11.0. The monoisotopic (exact) mass is 310 g/mol. The molecule has 0 fully saturated rings. The zero-order valence-corrected chi connectivity index (χ0v) is 11.6. The van der Waals surface area contributed by atoms with Crippen molar-refractivity contribution in [2.45, 2.75) is 13.0 Å². The highest BCUT2D eigenvalue weighted by Crippen LogP contribution is 2.23. The van der Waals surface area contributed by atoms with E-state index in [1.165, 1.54) is 0 Å². The molecule has 1 aromatic rings. The third-order valence-corrected chi connectivity index (χ3v) is 3.37. The third-order valence-electron chi connectivity index (χ3n) is 1.68. The Morgan fingerprint density at radius 1 is 1.73 bits per heavy atom. The first kappa shape index (κ1) is 12.9. The predicted molar refractivity (Wildman–Crippen MR) is 69.0 cm³/mol. The Hall–Kier alpha value is -0.130. The molecule has 2 atom stereocenters. The van der Waals surface area contributed by atoms with E-state index in [1.54, 1.807) is 18.5 Å². The SMILES string of the molecule is C[C@H](C[S@@](C)=O)Nc1ncc(Br)cc1Cl. The summed E-state index contributed by atoms with van der Waals surface area (Å²) < 4.78 is 11.8. The van der Waals surface area contributed by atoms with Gasteiger partial charge in [-0.2, -0.15) is 0 Å². The molecule has 0 aromatic carbocycles. The quantitative estimate of drug-likeness (QED) is 0.929. The van der Waals surface area contributed by atoms with Crippen LogP contribution in [0.25, 0.3) is 0 Å². The van der Waals surface area contributed by atoms with Crippen molar-refractivity contribution in [2.24, 2.45) is 0 Å². The minimum Gasteiger partial charge on any atom is -0.365 e. The van der Waals surface area contributed by atoms with Gasteiger partial charge in [-0.3, -0.25) is 4.21 Å². The summed E-state index contributed by atoms with van der Waals surface area (Å²) in [6.07, 6.45) is 3.35. The molecule has 3 nitrogen and oxygen atoms in total. The van der Waals surface area contributed by atoms with Crippen LogP contribution >= 0.6 is 27.5 Å². The molecule has 0 amide bonds. The van der Waals surface area contributed by atoms with Crippen LogP contribution in [0.5, 0.6) is 0 Å². The summed E-state index contributed by atoms with van der Waals surface area (Å²) in [5.74, 6) is 1.20. The van der Waals surface area contributed by atoms with Gasteiger partial charge >= 0.3 is 0 Å². The minimum absolute atomic E-state index is 0.0852. The van der Waals surface area contributed by atoms with E-state index in [1.807, 2.05) is 6.92 Å². The summed E-state index contributed by atoms with van der Waals surface area (Å²) in [5.41, 5.74) is 0. The highest BCUT2D eigenvalue weighted by atomic mass is 79.9. The Labute approximate surface area is 105 Å². The van der Waals surface area contributed by atoms with Crippen molar-refractivity contribution in [1.82, 2.24) is 4.98 Å². The molecule has 84 valence electrons. The molecule has 1 aromatic heterocycles. The zero-order valence-electron chi connectivity index (χ0n) is 8.46. The molecule has 1 heterocycles. The van der Waals surface area contributed by atoms with Gasteiger partial charge in [0, 0.05) is 39.5 Å². The molecular formula is C9H12BrClN2OS. The number of hydrogen-bond acceptors (Lipinski definition) is 3. The summed E-state index contributed by atoms with van der Waals surface area (Å²) >= 11 is 9.26. The van der Waals surface area contributed by atoms with Gasteiger partial charge in [-0.15, -0.1) is 0 Å². The van der Waals surface area contributed by atoms with Crippen LogP contribution in [0, 0.1) is 0 Å². The van der Waals surface area contributed by atoms with E-state index in [0.29, 0.717) is 16.6 Å². The number of nitrogens with zero attached hydrogens (tertiary/aromatic N) is 1. The van der Waals surface area contributed by atoms with Crippen molar-refractivity contribution >= 4 is 44.1 Å². The lowest BCUT2D eigenvalue weighted by Gasteiger charge is -2.13. The Morgan fingerprint density at radius 3 is 2.93 bits per heavy atom. The van der Waals surface area contributed by atoms with Crippen LogP contribution in [0.2, 0.25) is 5.02 Å². The molecule has 0 aliphatic rings. The summed E-state index contributed by atoms with van der Waals surface area (Å²) in [4.78, 5) is 4.14. The molecular weight excluding hydrogens is 300 g/mol. The van der Waals surface area contributed by atoms with Gasteiger partial charge in [0.1, 0.15) is 5.82 Å². The smallest absolute Gasteiger partial charge is 0.145 e. The number of anilines is 1. The second kappa shape index (κ2) is 5.82. The van der Waals surface area contributed by atoms with Crippen molar-refractivity contribution < 1.29 is 4.21 Å². The Bertz CT molecular complexity index is 375. The van der Waals surface area contributed by atoms with Crippen LogP contribution in [0.4, 0.5) is 5.82 Å². The molecule has 1 N–H and O–H groups in total. The molecule has 0 saturated carbocycles. The fraction of sp³-hybridized carbons (Fsp3) is 0.444. The lowest BCUT2D eigenvalue weighted by Crippen LogP contribution is -2.22. The van der Waals surface area contributed by atoms with E-state index in [-0.39, 0.29) is 6.04 Å². The molecule has 0 radical (unpaired) electrons. The largest absolute Gasteiger partial charge is 0.365 e. The van der Waals surface area contributed by atoms with Crippen molar-refractivity contribution in [1.29, 1.82) is 0 Å². The summed E-state index contributed by atoms with van der Waals surface area (Å²) in [6.45, 7) is 1.95. The van der Waals surface area contributed by atoms with E-state index in [0.717, 1.165) is 4.47 Å². The van der Waals surface area contributed by atoms with Crippen molar-refractivity contribution in [3.63, 3.8) is 0 Å². The topological polar surface area (TPSA) is 42.0 Å². The molecule has 0 aliphatic heterocycles. The second-order valence-corrected chi connectivity index (χ2v) is 6.07. The fourth-order valence-electron chi connectivity index (χ4n) is 1.15. The van der Waals surface area contributed by atoms with Gasteiger partial charge in [-0.1, -0.05) is 11.6 Å². The van der Waals surface area contributed by atoms with Crippen LogP contribution in [-0.2, 0) is 10.8 Å². The molecule has 1 rings (SSSR count). The average molecular weight is 312 g/mol. The lowest BCUT2D eigenvalue weighted by atomic mass is 10.3. The van der Waals surface area contributed by atoms with E-state index < -0.39 is 10.8 Å². The summed E-state index contributed by atoms with van der Waals surface area (Å²) in [7, 11) is -0.823. The number of hydrogen-bond donors (Lipinski definition) is 1. The first-order valence-corrected chi connectivity index (χ1v) is 7.26. The molecule has 0 unspecified atom stereocenters.